The molecule has 1 aromatic carbocycles. The van der Waals surface area contributed by atoms with Crippen molar-refractivity contribution < 1.29 is 14.3 Å². The molecule has 0 amide bonds. The van der Waals surface area contributed by atoms with E-state index >= 15 is 0 Å². The molecule has 0 fully saturated rings. The topological polar surface area (TPSA) is 35.5 Å². The number of carbonyl (C=O) groups excluding carboxylic acids is 1. The first-order valence-electron chi connectivity index (χ1n) is 3.53. The summed E-state index contributed by atoms with van der Waals surface area (Å²) < 4.78 is 10.1. The van der Waals surface area contributed by atoms with Crippen LogP contribution in [-0.2, 0) is 9.47 Å². The summed E-state index contributed by atoms with van der Waals surface area (Å²) in [5, 5.41) is 0. The second-order valence-corrected chi connectivity index (χ2v) is 3.51. The van der Waals surface area contributed by atoms with E-state index in [4.69, 9.17) is 4.74 Å². The molecule has 0 spiro atoms. The number of rotatable bonds is 3. The number of benzene rings is 1. The van der Waals surface area contributed by atoms with E-state index in [9.17, 15) is 4.79 Å². The predicted octanol–water partition coefficient (Wildman–Crippen LogP) is 2.21. The molecule has 0 bridgehead atoms. The van der Waals surface area contributed by atoms with Gasteiger partial charge in [-0.3, -0.25) is 0 Å². The van der Waals surface area contributed by atoms with Crippen LogP contribution >= 0.6 is 22.6 Å². The summed E-state index contributed by atoms with van der Waals surface area (Å²) in [5.74, 6) is -0.403. The molecule has 0 N–H and O–H groups in total. The smallest absolute Gasteiger partial charge is 0.340 e. The second kappa shape index (κ2) is 5.18. The SMILES string of the molecule is [CH2]OCOC(=O)c1ccc(I)cc1. The van der Waals surface area contributed by atoms with Gasteiger partial charge in [-0.05, 0) is 46.9 Å². The molecule has 0 saturated carbocycles. The quantitative estimate of drug-likeness (QED) is 0.486. The lowest BCUT2D eigenvalue weighted by Gasteiger charge is -2.02. The van der Waals surface area contributed by atoms with Crippen molar-refractivity contribution in [3.63, 3.8) is 0 Å². The summed E-state index contributed by atoms with van der Waals surface area (Å²) in [6, 6.07) is 7.07. The van der Waals surface area contributed by atoms with Crippen LogP contribution in [-0.4, -0.2) is 12.8 Å². The Morgan fingerprint density at radius 1 is 1.38 bits per heavy atom. The van der Waals surface area contributed by atoms with Crippen LogP contribution in [0.4, 0.5) is 0 Å². The summed E-state index contributed by atoms with van der Waals surface area (Å²) in [6.45, 7) is -0.120. The van der Waals surface area contributed by atoms with Crippen LogP contribution in [0.25, 0.3) is 0 Å². The standard InChI is InChI=1S/C9H8IO3/c1-12-6-13-9(11)7-2-4-8(10)5-3-7/h2-5H,1,6H2. The van der Waals surface area contributed by atoms with Gasteiger partial charge in [0.2, 0.25) is 0 Å². The molecule has 1 aromatic rings. The van der Waals surface area contributed by atoms with E-state index in [1.807, 2.05) is 12.1 Å². The van der Waals surface area contributed by atoms with Crippen LogP contribution < -0.4 is 0 Å². The number of esters is 1. The highest BCUT2D eigenvalue weighted by atomic mass is 127. The molecule has 4 heteroatoms. The average molecular weight is 291 g/mol. The first-order valence-corrected chi connectivity index (χ1v) is 4.61. The molecule has 0 heterocycles. The summed E-state index contributed by atoms with van der Waals surface area (Å²) in [5.41, 5.74) is 0.512. The van der Waals surface area contributed by atoms with Crippen molar-refractivity contribution in [1.29, 1.82) is 0 Å². The molecule has 3 nitrogen and oxygen atoms in total. The minimum atomic E-state index is -0.403. The van der Waals surface area contributed by atoms with Gasteiger partial charge in [0.05, 0.1) is 12.7 Å². The van der Waals surface area contributed by atoms with E-state index in [1.54, 1.807) is 12.1 Å². The van der Waals surface area contributed by atoms with Gasteiger partial charge in [-0.1, -0.05) is 0 Å². The van der Waals surface area contributed by atoms with Gasteiger partial charge in [0.15, 0.2) is 6.79 Å². The average Bonchev–Trinajstić information content (AvgIpc) is 2.15. The van der Waals surface area contributed by atoms with E-state index in [-0.39, 0.29) is 6.79 Å². The summed E-state index contributed by atoms with van der Waals surface area (Å²) in [4.78, 5) is 11.2. The summed E-state index contributed by atoms with van der Waals surface area (Å²) >= 11 is 2.16. The van der Waals surface area contributed by atoms with Gasteiger partial charge in [0, 0.05) is 3.57 Å². The molecular weight excluding hydrogens is 283 g/mol. The molecule has 0 aliphatic rings. The molecule has 1 rings (SSSR count). The Balaban J connectivity index is 2.61. The molecule has 1 radical (unpaired) electrons. The van der Waals surface area contributed by atoms with Crippen LogP contribution in [0.1, 0.15) is 10.4 Å². The van der Waals surface area contributed by atoms with Crippen LogP contribution in [0, 0.1) is 10.7 Å². The largest absolute Gasteiger partial charge is 0.435 e. The maximum atomic E-state index is 11.2. The third-order valence-corrected chi connectivity index (χ3v) is 2.07. The van der Waals surface area contributed by atoms with Crippen LogP contribution in [0.2, 0.25) is 0 Å². The van der Waals surface area contributed by atoms with Crippen molar-refractivity contribution in [3.05, 3.63) is 40.5 Å². The van der Waals surface area contributed by atoms with Gasteiger partial charge in [-0.2, -0.15) is 0 Å². The maximum Gasteiger partial charge on any atom is 0.340 e. The molecule has 0 saturated heterocycles. The molecule has 0 unspecified atom stereocenters. The monoisotopic (exact) mass is 291 g/mol. The van der Waals surface area contributed by atoms with Gasteiger partial charge < -0.3 is 9.47 Å². The van der Waals surface area contributed by atoms with Gasteiger partial charge >= 0.3 is 5.97 Å². The Bertz CT molecular complexity index is 281. The highest BCUT2D eigenvalue weighted by molar-refractivity contribution is 14.1. The van der Waals surface area contributed by atoms with Crippen molar-refractivity contribution in [2.24, 2.45) is 0 Å². The molecular formula is C9H8IO3. The highest BCUT2D eigenvalue weighted by Gasteiger charge is 2.05. The highest BCUT2D eigenvalue weighted by Crippen LogP contribution is 2.07. The zero-order valence-electron chi connectivity index (χ0n) is 6.83. The number of ether oxygens (including phenoxy) is 2. The summed E-state index contributed by atoms with van der Waals surface area (Å²) in [6.07, 6.45) is 0. The van der Waals surface area contributed by atoms with Crippen molar-refractivity contribution >= 4 is 28.6 Å². The Labute approximate surface area is 90.2 Å². The van der Waals surface area contributed by atoms with Gasteiger partial charge in [-0.25, -0.2) is 4.79 Å². The third-order valence-electron chi connectivity index (χ3n) is 1.35. The normalized spacial score (nSPS) is 9.69. The molecule has 0 aromatic heterocycles. The lowest BCUT2D eigenvalue weighted by molar-refractivity contribution is -0.00126. The minimum absolute atomic E-state index is 0.120. The van der Waals surface area contributed by atoms with Crippen LogP contribution in [0.5, 0.6) is 0 Å². The van der Waals surface area contributed by atoms with Crippen LogP contribution in [0.3, 0.4) is 0 Å². The van der Waals surface area contributed by atoms with E-state index in [2.05, 4.69) is 34.4 Å². The predicted molar refractivity (Wildman–Crippen MR) is 55.9 cm³/mol. The zero-order valence-corrected chi connectivity index (χ0v) is 8.98. The Hall–Kier alpha value is -0.620. The van der Waals surface area contributed by atoms with Crippen LogP contribution in [0.15, 0.2) is 24.3 Å². The third kappa shape index (κ3) is 3.31. The lowest BCUT2D eigenvalue weighted by atomic mass is 10.2. The maximum absolute atomic E-state index is 11.2. The lowest BCUT2D eigenvalue weighted by Crippen LogP contribution is -2.06. The Morgan fingerprint density at radius 3 is 2.54 bits per heavy atom. The number of hydrogen-bond acceptors (Lipinski definition) is 3. The molecule has 0 aliphatic carbocycles. The fourth-order valence-electron chi connectivity index (χ4n) is 0.764. The molecule has 0 aliphatic heterocycles. The Morgan fingerprint density at radius 2 is 2.00 bits per heavy atom. The van der Waals surface area contributed by atoms with Gasteiger partial charge in [0.1, 0.15) is 0 Å². The fourth-order valence-corrected chi connectivity index (χ4v) is 1.12. The van der Waals surface area contributed by atoms with Gasteiger partial charge in [-0.15, -0.1) is 0 Å². The van der Waals surface area contributed by atoms with Crippen molar-refractivity contribution in [3.8, 4) is 0 Å². The summed E-state index contributed by atoms with van der Waals surface area (Å²) in [7, 11) is 3.09. The number of carbonyl (C=O) groups is 1. The van der Waals surface area contributed by atoms with Gasteiger partial charge in [0.25, 0.3) is 0 Å². The van der Waals surface area contributed by atoms with E-state index < -0.39 is 5.97 Å². The molecule has 13 heavy (non-hydrogen) atoms. The molecule has 0 atom stereocenters. The fraction of sp³-hybridized carbons (Fsp3) is 0.111. The number of halogens is 1. The van der Waals surface area contributed by atoms with E-state index in [1.165, 1.54) is 0 Å². The van der Waals surface area contributed by atoms with Crippen molar-refractivity contribution in [1.82, 2.24) is 0 Å². The van der Waals surface area contributed by atoms with E-state index in [0.29, 0.717) is 5.56 Å². The first-order chi connectivity index (χ1) is 6.24. The van der Waals surface area contributed by atoms with E-state index in [0.717, 1.165) is 3.57 Å². The molecule has 69 valence electrons. The van der Waals surface area contributed by atoms with Crippen molar-refractivity contribution in [2.45, 2.75) is 0 Å². The second-order valence-electron chi connectivity index (χ2n) is 2.26. The number of hydrogen-bond donors (Lipinski definition) is 0. The Kier molecular flexibility index (Phi) is 4.17. The minimum Gasteiger partial charge on any atom is -0.435 e. The first kappa shape index (κ1) is 10.5. The zero-order chi connectivity index (χ0) is 9.68. The van der Waals surface area contributed by atoms with Crippen molar-refractivity contribution in [2.75, 3.05) is 6.79 Å².